The number of Topliss-reactive ketones (excluding diaryl/α,β-unsaturated/α-hetero) is 1. The van der Waals surface area contributed by atoms with Gasteiger partial charge in [0.1, 0.15) is 12.1 Å². The number of nitrogens with zero attached hydrogens (tertiary/aromatic N) is 1. The van der Waals surface area contributed by atoms with Gasteiger partial charge >= 0.3 is 0 Å². The van der Waals surface area contributed by atoms with Crippen LogP contribution in [0.2, 0.25) is 0 Å². The molecule has 0 aliphatic heterocycles. The van der Waals surface area contributed by atoms with E-state index in [1.807, 2.05) is 60.7 Å². The van der Waals surface area contributed by atoms with Crippen LogP contribution >= 0.6 is 11.3 Å². The van der Waals surface area contributed by atoms with Gasteiger partial charge in [-0.05, 0) is 42.2 Å². The molecule has 0 aliphatic rings. The van der Waals surface area contributed by atoms with Crippen LogP contribution in [0.5, 0.6) is 0 Å². The predicted molar refractivity (Wildman–Crippen MR) is 169 cm³/mol. The van der Waals surface area contributed by atoms with Crippen molar-refractivity contribution in [2.24, 2.45) is 5.92 Å². The molecule has 44 heavy (non-hydrogen) atoms. The van der Waals surface area contributed by atoms with E-state index in [0.29, 0.717) is 5.56 Å². The van der Waals surface area contributed by atoms with Crippen LogP contribution in [0.4, 0.5) is 0 Å². The zero-order chi connectivity index (χ0) is 31.6. The quantitative estimate of drug-likeness (QED) is 0.171. The number of hydrogen-bond donors (Lipinski definition) is 4. The highest BCUT2D eigenvalue weighted by molar-refractivity contribution is 7.16. The van der Waals surface area contributed by atoms with Gasteiger partial charge in [0.25, 0.3) is 11.8 Å². The Hall–Kier alpha value is -4.90. The zero-order valence-electron chi connectivity index (χ0n) is 24.7. The number of rotatable bonds is 13. The number of carbonyl (C=O) groups is 5. The molecule has 0 saturated carbocycles. The Kier molecular flexibility index (Phi) is 10.9. The molecule has 4 N–H and O–H groups in total. The normalized spacial score (nSPS) is 13.0. The molecule has 0 aliphatic carbocycles. The number of hydrogen-bond acceptors (Lipinski definition) is 7. The molecule has 0 unspecified atom stereocenters. The Balaban J connectivity index is 1.40. The standard InChI is InChI=1S/C33H35N5O5S/c1-20(2)28(29(39)33(43)34-18-23-12-8-5-9-13-23)38-30(40)21(3)36-32(42)26(16-22-10-6-4-7-11-22)37-31(41)24-14-15-25-27(17-24)44-19-35-25/h4-15,17,19-21,26,28H,16,18H2,1-3H3,(H,34,43)(H,36,42)(H,37,41)(H,38,40)/t21-,26-,28-/m0/s1. The molecule has 1 heterocycles. The summed E-state index contributed by atoms with van der Waals surface area (Å²) < 4.78 is 0.843. The van der Waals surface area contributed by atoms with Crippen molar-refractivity contribution in [3.05, 3.63) is 101 Å². The lowest BCUT2D eigenvalue weighted by Crippen LogP contribution is -2.57. The number of thiazole rings is 1. The molecular formula is C33H35N5O5S. The van der Waals surface area contributed by atoms with E-state index in [1.54, 1.807) is 37.6 Å². The molecule has 0 bridgehead atoms. The maximum atomic E-state index is 13.4. The first-order chi connectivity index (χ1) is 21.1. The highest BCUT2D eigenvalue weighted by Crippen LogP contribution is 2.19. The summed E-state index contributed by atoms with van der Waals surface area (Å²) in [5.41, 5.74) is 4.49. The minimum absolute atomic E-state index is 0.170. The molecule has 4 aromatic rings. The van der Waals surface area contributed by atoms with Crippen molar-refractivity contribution in [1.29, 1.82) is 0 Å². The molecule has 4 amide bonds. The highest BCUT2D eigenvalue weighted by atomic mass is 32.1. The number of fused-ring (bicyclic) bond motifs is 1. The van der Waals surface area contributed by atoms with E-state index < -0.39 is 53.5 Å². The maximum absolute atomic E-state index is 13.4. The van der Waals surface area contributed by atoms with Crippen molar-refractivity contribution in [2.45, 2.75) is 51.9 Å². The molecule has 0 saturated heterocycles. The van der Waals surface area contributed by atoms with E-state index in [1.165, 1.54) is 18.3 Å². The van der Waals surface area contributed by atoms with Crippen LogP contribution in [0.1, 0.15) is 42.3 Å². The lowest BCUT2D eigenvalue weighted by molar-refractivity contribution is -0.141. The van der Waals surface area contributed by atoms with Gasteiger partial charge in [0.05, 0.1) is 21.8 Å². The van der Waals surface area contributed by atoms with Crippen LogP contribution < -0.4 is 21.3 Å². The van der Waals surface area contributed by atoms with Crippen LogP contribution in [0, 0.1) is 5.92 Å². The van der Waals surface area contributed by atoms with Crippen LogP contribution in [0.15, 0.2) is 84.4 Å². The summed E-state index contributed by atoms with van der Waals surface area (Å²) in [5, 5.41) is 10.7. The molecule has 1 aromatic heterocycles. The summed E-state index contributed by atoms with van der Waals surface area (Å²) >= 11 is 1.41. The molecule has 0 fully saturated rings. The third-order valence-electron chi connectivity index (χ3n) is 7.02. The second-order valence-electron chi connectivity index (χ2n) is 10.7. The number of amides is 4. The zero-order valence-corrected chi connectivity index (χ0v) is 25.5. The average molecular weight is 614 g/mol. The third kappa shape index (κ3) is 8.57. The van der Waals surface area contributed by atoms with Gasteiger partial charge in [-0.3, -0.25) is 24.0 Å². The topological polar surface area (TPSA) is 146 Å². The Bertz CT molecular complexity index is 1620. The largest absolute Gasteiger partial charge is 0.345 e. The summed E-state index contributed by atoms with van der Waals surface area (Å²) in [7, 11) is 0. The Morgan fingerprint density at radius 3 is 2.09 bits per heavy atom. The van der Waals surface area contributed by atoms with Crippen molar-refractivity contribution in [2.75, 3.05) is 0 Å². The number of nitrogens with one attached hydrogen (secondary N) is 4. The van der Waals surface area contributed by atoms with Gasteiger partial charge in [0.15, 0.2) is 0 Å². The summed E-state index contributed by atoms with van der Waals surface area (Å²) in [4.78, 5) is 69.5. The van der Waals surface area contributed by atoms with Crippen molar-refractivity contribution in [1.82, 2.24) is 26.3 Å². The van der Waals surface area contributed by atoms with Gasteiger partial charge in [-0.15, -0.1) is 11.3 Å². The van der Waals surface area contributed by atoms with Crippen LogP contribution in [-0.4, -0.2) is 52.5 Å². The predicted octanol–water partition coefficient (Wildman–Crippen LogP) is 3.17. The number of aromatic nitrogens is 1. The van der Waals surface area contributed by atoms with Gasteiger partial charge in [0.2, 0.25) is 17.6 Å². The van der Waals surface area contributed by atoms with Gasteiger partial charge in [-0.25, -0.2) is 4.98 Å². The molecule has 0 spiro atoms. The minimum Gasteiger partial charge on any atom is -0.345 e. The van der Waals surface area contributed by atoms with Crippen molar-refractivity contribution < 1.29 is 24.0 Å². The Morgan fingerprint density at radius 2 is 1.43 bits per heavy atom. The average Bonchev–Trinajstić information content (AvgIpc) is 3.50. The molecule has 3 aromatic carbocycles. The van der Waals surface area contributed by atoms with E-state index in [0.717, 1.165) is 21.3 Å². The van der Waals surface area contributed by atoms with Crippen LogP contribution in [-0.2, 0) is 32.1 Å². The van der Waals surface area contributed by atoms with E-state index in [-0.39, 0.29) is 13.0 Å². The number of benzene rings is 3. The summed E-state index contributed by atoms with van der Waals surface area (Å²) in [6.45, 7) is 5.07. The molecule has 11 heteroatoms. The van der Waals surface area contributed by atoms with E-state index in [4.69, 9.17) is 0 Å². The van der Waals surface area contributed by atoms with Gasteiger partial charge in [0, 0.05) is 18.5 Å². The maximum Gasteiger partial charge on any atom is 0.289 e. The SMILES string of the molecule is CC(C)[C@H](NC(=O)[C@H](C)NC(=O)[C@H](Cc1ccccc1)NC(=O)c1ccc2ncsc2c1)C(=O)C(=O)NCc1ccccc1. The summed E-state index contributed by atoms with van der Waals surface area (Å²) in [5.74, 6) is -3.64. The van der Waals surface area contributed by atoms with Gasteiger partial charge in [-0.1, -0.05) is 74.5 Å². The van der Waals surface area contributed by atoms with Gasteiger partial charge < -0.3 is 21.3 Å². The van der Waals surface area contributed by atoms with Crippen molar-refractivity contribution in [3.63, 3.8) is 0 Å². The Labute approximate surface area is 259 Å². The van der Waals surface area contributed by atoms with Crippen molar-refractivity contribution >= 4 is 51.0 Å². The second-order valence-corrected chi connectivity index (χ2v) is 11.6. The highest BCUT2D eigenvalue weighted by Gasteiger charge is 2.32. The number of ketones is 1. The number of carbonyl (C=O) groups excluding carboxylic acids is 5. The fraction of sp³-hybridized carbons (Fsp3) is 0.273. The molecule has 10 nitrogen and oxygen atoms in total. The lowest BCUT2D eigenvalue weighted by Gasteiger charge is -2.25. The van der Waals surface area contributed by atoms with Crippen LogP contribution in [0.3, 0.4) is 0 Å². The van der Waals surface area contributed by atoms with E-state index in [2.05, 4.69) is 26.3 Å². The summed E-state index contributed by atoms with van der Waals surface area (Å²) in [6, 6.07) is 20.3. The third-order valence-corrected chi connectivity index (χ3v) is 7.81. The summed E-state index contributed by atoms with van der Waals surface area (Å²) in [6.07, 6.45) is 0.185. The minimum atomic E-state index is -1.10. The van der Waals surface area contributed by atoms with Crippen molar-refractivity contribution in [3.8, 4) is 0 Å². The van der Waals surface area contributed by atoms with E-state index >= 15 is 0 Å². The van der Waals surface area contributed by atoms with Crippen LogP contribution in [0.25, 0.3) is 10.2 Å². The van der Waals surface area contributed by atoms with E-state index in [9.17, 15) is 24.0 Å². The molecule has 228 valence electrons. The van der Waals surface area contributed by atoms with Gasteiger partial charge in [-0.2, -0.15) is 0 Å². The lowest BCUT2D eigenvalue weighted by atomic mass is 9.98. The molecular weight excluding hydrogens is 578 g/mol. The molecule has 4 rings (SSSR count). The fourth-order valence-corrected chi connectivity index (χ4v) is 5.21. The first-order valence-electron chi connectivity index (χ1n) is 14.3. The smallest absolute Gasteiger partial charge is 0.289 e. The molecule has 0 radical (unpaired) electrons. The first-order valence-corrected chi connectivity index (χ1v) is 15.1. The Morgan fingerprint density at radius 1 is 0.773 bits per heavy atom. The second kappa shape index (κ2) is 15.0. The first kappa shape index (κ1) is 32.0. The molecule has 3 atom stereocenters. The fourth-order valence-electron chi connectivity index (χ4n) is 4.50. The monoisotopic (exact) mass is 613 g/mol.